The third kappa shape index (κ3) is 4.83. The van der Waals surface area contributed by atoms with Crippen molar-refractivity contribution in [2.45, 2.75) is 38.3 Å². The van der Waals surface area contributed by atoms with Gasteiger partial charge in [-0.1, -0.05) is 30.3 Å². The van der Waals surface area contributed by atoms with Crippen LogP contribution in [-0.4, -0.2) is 17.9 Å². The summed E-state index contributed by atoms with van der Waals surface area (Å²) in [6.45, 7) is 3.44. The van der Waals surface area contributed by atoms with E-state index >= 15 is 0 Å². The zero-order valence-corrected chi connectivity index (χ0v) is 12.6. The fourth-order valence-corrected chi connectivity index (χ4v) is 1.75. The van der Waals surface area contributed by atoms with Gasteiger partial charge in [0.25, 0.3) is 0 Å². The molecule has 0 aliphatic carbocycles. The lowest BCUT2D eigenvalue weighted by molar-refractivity contribution is -0.131. The Morgan fingerprint density at radius 3 is 2.30 bits per heavy atom. The highest BCUT2D eigenvalue weighted by Gasteiger charge is 2.34. The summed E-state index contributed by atoms with van der Waals surface area (Å²) in [5, 5.41) is 2.70. The summed E-state index contributed by atoms with van der Waals surface area (Å²) in [5.74, 6) is -0.824. The van der Waals surface area contributed by atoms with Crippen LogP contribution < -0.4 is 16.8 Å². The van der Waals surface area contributed by atoms with Gasteiger partial charge in [0.05, 0.1) is 0 Å². The Labute approximate surface area is 125 Å². The number of benzene rings is 1. The molecule has 0 aliphatic heterocycles. The van der Waals surface area contributed by atoms with Crippen LogP contribution in [0.2, 0.25) is 0 Å². The Morgan fingerprint density at radius 1 is 1.30 bits per heavy atom. The lowest BCUT2D eigenvalue weighted by Gasteiger charge is -2.28. The Morgan fingerprint density at radius 2 is 1.85 bits per heavy atom. The first-order valence-electron chi connectivity index (χ1n) is 6.28. The number of nitrogens with two attached hydrogens (primary N) is 2. The summed E-state index contributed by atoms with van der Waals surface area (Å²) in [4.78, 5) is 23.5. The Bertz CT molecular complexity index is 451. The normalized spacial score (nSPS) is 14.6. The summed E-state index contributed by atoms with van der Waals surface area (Å²) >= 11 is 0. The molecule has 0 aromatic heterocycles. The Kier molecular flexibility index (Phi) is 7.24. The van der Waals surface area contributed by atoms with Crippen LogP contribution in [0.1, 0.15) is 32.3 Å². The zero-order valence-electron chi connectivity index (χ0n) is 11.8. The van der Waals surface area contributed by atoms with Gasteiger partial charge in [-0.3, -0.25) is 9.59 Å². The van der Waals surface area contributed by atoms with Gasteiger partial charge in [-0.05, 0) is 25.8 Å². The number of hydrogen-bond acceptors (Lipinski definition) is 3. The van der Waals surface area contributed by atoms with Gasteiger partial charge in [0.2, 0.25) is 11.8 Å². The summed E-state index contributed by atoms with van der Waals surface area (Å²) in [6.07, 6.45) is 0.836. The average molecular weight is 300 g/mol. The standard InChI is InChI=1S/C14H21N3O2.ClH/c1-10(15)8-9-12(18)17-14(2,13(16)19)11-6-4-3-5-7-11;/h3-7,10H,8-9,15H2,1-2H3,(H2,16,19)(H,17,18);1H. The van der Waals surface area contributed by atoms with E-state index < -0.39 is 11.4 Å². The molecule has 0 saturated carbocycles. The molecule has 0 radical (unpaired) electrons. The third-order valence-corrected chi connectivity index (χ3v) is 3.06. The first-order chi connectivity index (χ1) is 8.86. The zero-order chi connectivity index (χ0) is 14.5. The Balaban J connectivity index is 0.00000361. The van der Waals surface area contributed by atoms with Gasteiger partial charge in [-0.2, -0.15) is 0 Å². The van der Waals surface area contributed by atoms with Crippen molar-refractivity contribution in [2.24, 2.45) is 11.5 Å². The molecule has 0 spiro atoms. The second-order valence-corrected chi connectivity index (χ2v) is 4.92. The van der Waals surface area contributed by atoms with E-state index in [-0.39, 0.29) is 30.8 Å². The number of rotatable bonds is 6. The van der Waals surface area contributed by atoms with E-state index in [4.69, 9.17) is 11.5 Å². The van der Waals surface area contributed by atoms with E-state index in [0.29, 0.717) is 12.0 Å². The van der Waals surface area contributed by atoms with Crippen molar-refractivity contribution in [1.29, 1.82) is 0 Å². The van der Waals surface area contributed by atoms with E-state index in [1.807, 2.05) is 13.0 Å². The average Bonchev–Trinajstić information content (AvgIpc) is 2.37. The predicted molar refractivity (Wildman–Crippen MR) is 81.3 cm³/mol. The maximum atomic E-state index is 11.9. The van der Waals surface area contributed by atoms with Crippen LogP contribution in [0.5, 0.6) is 0 Å². The van der Waals surface area contributed by atoms with Gasteiger partial charge >= 0.3 is 0 Å². The molecule has 2 unspecified atom stereocenters. The topological polar surface area (TPSA) is 98.2 Å². The number of amides is 2. The van der Waals surface area contributed by atoms with Crippen molar-refractivity contribution < 1.29 is 9.59 Å². The number of halogens is 1. The maximum Gasteiger partial charge on any atom is 0.247 e. The highest BCUT2D eigenvalue weighted by molar-refractivity contribution is 5.91. The molecule has 5 N–H and O–H groups in total. The van der Waals surface area contributed by atoms with Crippen LogP contribution in [0.4, 0.5) is 0 Å². The molecule has 112 valence electrons. The van der Waals surface area contributed by atoms with Crippen molar-refractivity contribution in [2.75, 3.05) is 0 Å². The van der Waals surface area contributed by atoms with E-state index in [2.05, 4.69) is 5.32 Å². The fourth-order valence-electron chi connectivity index (χ4n) is 1.75. The molecule has 1 aromatic carbocycles. The molecular weight excluding hydrogens is 278 g/mol. The SMILES string of the molecule is CC(N)CCC(=O)NC(C)(C(N)=O)c1ccccc1.Cl. The highest BCUT2D eigenvalue weighted by Crippen LogP contribution is 2.20. The van der Waals surface area contributed by atoms with Gasteiger partial charge < -0.3 is 16.8 Å². The van der Waals surface area contributed by atoms with Crippen molar-refractivity contribution >= 4 is 24.2 Å². The van der Waals surface area contributed by atoms with Crippen molar-refractivity contribution in [1.82, 2.24) is 5.32 Å². The van der Waals surface area contributed by atoms with Crippen LogP contribution in [-0.2, 0) is 15.1 Å². The lowest BCUT2D eigenvalue weighted by Crippen LogP contribution is -2.52. The lowest BCUT2D eigenvalue weighted by atomic mass is 9.91. The van der Waals surface area contributed by atoms with E-state index in [1.54, 1.807) is 31.2 Å². The predicted octanol–water partition coefficient (Wildman–Crippen LogP) is 1.05. The molecule has 20 heavy (non-hydrogen) atoms. The van der Waals surface area contributed by atoms with Crippen LogP contribution in [0.25, 0.3) is 0 Å². The summed E-state index contributed by atoms with van der Waals surface area (Å²) in [6, 6.07) is 8.90. The van der Waals surface area contributed by atoms with Gasteiger partial charge in [-0.25, -0.2) is 0 Å². The second kappa shape index (κ2) is 7.87. The van der Waals surface area contributed by atoms with Crippen LogP contribution in [0.3, 0.4) is 0 Å². The van der Waals surface area contributed by atoms with Gasteiger partial charge in [0, 0.05) is 12.5 Å². The minimum atomic E-state index is -1.20. The van der Waals surface area contributed by atoms with Crippen LogP contribution in [0.15, 0.2) is 30.3 Å². The molecule has 5 nitrogen and oxygen atoms in total. The number of hydrogen-bond donors (Lipinski definition) is 3. The monoisotopic (exact) mass is 299 g/mol. The van der Waals surface area contributed by atoms with Crippen molar-refractivity contribution in [3.8, 4) is 0 Å². The van der Waals surface area contributed by atoms with E-state index in [1.165, 1.54) is 0 Å². The van der Waals surface area contributed by atoms with Gasteiger partial charge in [0.15, 0.2) is 0 Å². The quantitative estimate of drug-likeness (QED) is 0.732. The van der Waals surface area contributed by atoms with Crippen LogP contribution >= 0.6 is 12.4 Å². The van der Waals surface area contributed by atoms with E-state index in [0.717, 1.165) is 0 Å². The molecule has 0 aliphatic rings. The molecule has 0 fully saturated rings. The maximum absolute atomic E-state index is 11.9. The van der Waals surface area contributed by atoms with Crippen molar-refractivity contribution in [3.63, 3.8) is 0 Å². The molecule has 1 rings (SSSR count). The van der Waals surface area contributed by atoms with Crippen molar-refractivity contribution in [3.05, 3.63) is 35.9 Å². The number of carbonyl (C=O) groups excluding carboxylic acids is 2. The fraction of sp³-hybridized carbons (Fsp3) is 0.429. The smallest absolute Gasteiger partial charge is 0.247 e. The number of carbonyl (C=O) groups is 2. The second-order valence-electron chi connectivity index (χ2n) is 4.92. The first kappa shape index (κ1) is 18.4. The third-order valence-electron chi connectivity index (χ3n) is 3.06. The first-order valence-corrected chi connectivity index (χ1v) is 6.28. The molecule has 6 heteroatoms. The Hall–Kier alpha value is -1.59. The molecule has 1 aromatic rings. The van der Waals surface area contributed by atoms with Gasteiger partial charge in [-0.15, -0.1) is 12.4 Å². The molecular formula is C14H22ClN3O2. The minimum absolute atomic E-state index is 0. The van der Waals surface area contributed by atoms with E-state index in [9.17, 15) is 9.59 Å². The summed E-state index contributed by atoms with van der Waals surface area (Å²) in [5.41, 5.74) is 10.5. The summed E-state index contributed by atoms with van der Waals surface area (Å²) in [7, 11) is 0. The molecule has 0 heterocycles. The highest BCUT2D eigenvalue weighted by atomic mass is 35.5. The largest absolute Gasteiger partial charge is 0.367 e. The minimum Gasteiger partial charge on any atom is -0.367 e. The van der Waals surface area contributed by atoms with Gasteiger partial charge in [0.1, 0.15) is 5.54 Å². The molecule has 0 saturated heterocycles. The van der Waals surface area contributed by atoms with Crippen LogP contribution in [0, 0.1) is 0 Å². The molecule has 0 bridgehead atoms. The summed E-state index contributed by atoms with van der Waals surface area (Å²) < 4.78 is 0. The number of primary amides is 1. The number of nitrogens with one attached hydrogen (secondary N) is 1. The molecule has 2 atom stereocenters. The molecule has 2 amide bonds.